The fraction of sp³-hybridized carbons (Fsp3) is 0.846. The maximum Gasteiger partial charge on any atom is 0.0711 e. The van der Waals surface area contributed by atoms with E-state index in [0.717, 1.165) is 19.3 Å². The third kappa shape index (κ3) is 2.26. The van der Waals surface area contributed by atoms with E-state index in [4.69, 9.17) is 0 Å². The Labute approximate surface area is 93.0 Å². The van der Waals surface area contributed by atoms with Crippen LogP contribution in [0.2, 0.25) is 0 Å². The maximum absolute atomic E-state index is 10.5. The first-order valence-corrected chi connectivity index (χ1v) is 6.08. The first-order chi connectivity index (χ1) is 7.00. The molecule has 2 heteroatoms. The molecular weight excluding hydrogens is 186 g/mol. The molecule has 0 saturated carbocycles. The summed E-state index contributed by atoms with van der Waals surface area (Å²) in [7, 11) is 2.21. The van der Waals surface area contributed by atoms with Crippen LogP contribution in [-0.2, 0) is 0 Å². The average Bonchev–Trinajstić information content (AvgIpc) is 2.39. The minimum atomic E-state index is -0.421. The van der Waals surface area contributed by atoms with Crippen LogP contribution in [0.1, 0.15) is 46.0 Å². The Morgan fingerprint density at radius 3 is 2.33 bits per heavy atom. The normalized spacial score (nSPS) is 40.5. The molecule has 2 atom stereocenters. The highest BCUT2D eigenvalue weighted by Crippen LogP contribution is 2.41. The third-order valence-corrected chi connectivity index (χ3v) is 4.11. The molecular formula is C13H23NO. The minimum absolute atomic E-state index is 0.421. The van der Waals surface area contributed by atoms with E-state index < -0.39 is 5.60 Å². The summed E-state index contributed by atoms with van der Waals surface area (Å²) >= 11 is 0. The van der Waals surface area contributed by atoms with Crippen LogP contribution in [0.5, 0.6) is 0 Å². The molecule has 2 rings (SSSR count). The molecule has 2 unspecified atom stereocenters. The van der Waals surface area contributed by atoms with Gasteiger partial charge in [0.2, 0.25) is 0 Å². The van der Waals surface area contributed by atoms with Gasteiger partial charge in [-0.2, -0.15) is 0 Å². The van der Waals surface area contributed by atoms with Crippen molar-refractivity contribution in [3.05, 3.63) is 11.6 Å². The number of fused-ring (bicyclic) bond motifs is 2. The van der Waals surface area contributed by atoms with E-state index in [1.165, 1.54) is 18.4 Å². The zero-order valence-electron chi connectivity index (χ0n) is 10.2. The molecule has 0 aliphatic carbocycles. The van der Waals surface area contributed by atoms with Crippen molar-refractivity contribution < 1.29 is 5.11 Å². The zero-order valence-corrected chi connectivity index (χ0v) is 10.2. The fourth-order valence-electron chi connectivity index (χ4n) is 3.10. The monoisotopic (exact) mass is 209 g/mol. The summed E-state index contributed by atoms with van der Waals surface area (Å²) in [5.41, 5.74) is 0.894. The largest absolute Gasteiger partial charge is 0.389 e. The number of allylic oxidation sites excluding steroid dienone is 1. The smallest absolute Gasteiger partial charge is 0.0711 e. The molecule has 2 saturated heterocycles. The van der Waals surface area contributed by atoms with Crippen LogP contribution in [0.4, 0.5) is 0 Å². The Bertz CT molecular complexity index is 254. The summed E-state index contributed by atoms with van der Waals surface area (Å²) < 4.78 is 0. The first kappa shape index (κ1) is 11.2. The Hall–Kier alpha value is -0.340. The molecule has 2 heterocycles. The number of rotatable bonds is 2. The third-order valence-electron chi connectivity index (χ3n) is 4.11. The second kappa shape index (κ2) is 3.91. The Morgan fingerprint density at radius 2 is 1.87 bits per heavy atom. The van der Waals surface area contributed by atoms with Crippen molar-refractivity contribution in [1.82, 2.24) is 4.90 Å². The molecule has 0 spiro atoms. The lowest BCUT2D eigenvalue weighted by molar-refractivity contribution is -0.0419. The molecule has 2 aliphatic heterocycles. The fourth-order valence-corrected chi connectivity index (χ4v) is 3.10. The first-order valence-electron chi connectivity index (χ1n) is 6.08. The molecule has 15 heavy (non-hydrogen) atoms. The molecule has 2 fully saturated rings. The van der Waals surface area contributed by atoms with Crippen LogP contribution in [0, 0.1) is 0 Å². The van der Waals surface area contributed by atoms with Gasteiger partial charge in [0.25, 0.3) is 0 Å². The number of nitrogens with zero attached hydrogens (tertiary/aromatic N) is 1. The van der Waals surface area contributed by atoms with Gasteiger partial charge in [0, 0.05) is 12.1 Å². The number of aliphatic hydroxyl groups is 1. The van der Waals surface area contributed by atoms with Crippen LogP contribution >= 0.6 is 0 Å². The number of hydrogen-bond donors (Lipinski definition) is 1. The molecule has 0 aromatic rings. The van der Waals surface area contributed by atoms with Gasteiger partial charge < -0.3 is 10.0 Å². The maximum atomic E-state index is 10.5. The highest BCUT2D eigenvalue weighted by Gasteiger charge is 2.45. The van der Waals surface area contributed by atoms with Gasteiger partial charge >= 0.3 is 0 Å². The minimum Gasteiger partial charge on any atom is -0.389 e. The Morgan fingerprint density at radius 1 is 1.33 bits per heavy atom. The lowest BCUT2D eigenvalue weighted by Crippen LogP contribution is -2.49. The molecule has 0 amide bonds. The van der Waals surface area contributed by atoms with Gasteiger partial charge in [-0.25, -0.2) is 0 Å². The quantitative estimate of drug-likeness (QED) is 0.706. The van der Waals surface area contributed by atoms with E-state index in [-0.39, 0.29) is 0 Å². The van der Waals surface area contributed by atoms with Crippen molar-refractivity contribution in [2.45, 2.75) is 63.6 Å². The predicted octanol–water partition coefficient (Wildman–Crippen LogP) is 2.33. The van der Waals surface area contributed by atoms with E-state index in [9.17, 15) is 5.11 Å². The topological polar surface area (TPSA) is 23.5 Å². The molecule has 2 aliphatic rings. The summed E-state index contributed by atoms with van der Waals surface area (Å²) in [6.45, 7) is 4.21. The average molecular weight is 209 g/mol. The SMILES string of the molecule is CC(C)=CCC1(O)CC2CCC(C1)N2C. The molecule has 1 N–H and O–H groups in total. The van der Waals surface area contributed by atoms with Crippen molar-refractivity contribution in [3.8, 4) is 0 Å². The van der Waals surface area contributed by atoms with E-state index in [1.807, 2.05) is 0 Å². The van der Waals surface area contributed by atoms with E-state index in [1.54, 1.807) is 0 Å². The number of piperidine rings is 1. The van der Waals surface area contributed by atoms with Gasteiger partial charge in [-0.05, 0) is 53.0 Å². The predicted molar refractivity (Wildman–Crippen MR) is 62.8 cm³/mol. The van der Waals surface area contributed by atoms with Crippen molar-refractivity contribution in [3.63, 3.8) is 0 Å². The highest BCUT2D eigenvalue weighted by atomic mass is 16.3. The van der Waals surface area contributed by atoms with Crippen molar-refractivity contribution in [2.75, 3.05) is 7.05 Å². The lowest BCUT2D eigenvalue weighted by atomic mass is 9.83. The second-order valence-corrected chi connectivity index (χ2v) is 5.67. The molecule has 0 aromatic carbocycles. The van der Waals surface area contributed by atoms with Gasteiger partial charge in [0.15, 0.2) is 0 Å². The molecule has 0 radical (unpaired) electrons. The van der Waals surface area contributed by atoms with Crippen molar-refractivity contribution in [2.24, 2.45) is 0 Å². The molecule has 2 nitrogen and oxygen atoms in total. The standard InChI is InChI=1S/C13H23NO/c1-10(2)6-7-13(15)8-11-4-5-12(9-13)14(11)3/h6,11-12,15H,4-5,7-9H2,1-3H3. The van der Waals surface area contributed by atoms with Gasteiger partial charge in [0.05, 0.1) is 5.60 Å². The van der Waals surface area contributed by atoms with Crippen molar-refractivity contribution in [1.29, 1.82) is 0 Å². The molecule has 86 valence electrons. The Kier molecular flexibility index (Phi) is 2.91. The van der Waals surface area contributed by atoms with Crippen LogP contribution in [0.15, 0.2) is 11.6 Å². The number of hydrogen-bond acceptors (Lipinski definition) is 2. The lowest BCUT2D eigenvalue weighted by Gasteiger charge is -2.41. The summed E-state index contributed by atoms with van der Waals surface area (Å²) in [5, 5.41) is 10.5. The van der Waals surface area contributed by atoms with Crippen LogP contribution in [0.3, 0.4) is 0 Å². The van der Waals surface area contributed by atoms with Crippen LogP contribution in [-0.4, -0.2) is 34.7 Å². The second-order valence-electron chi connectivity index (χ2n) is 5.67. The summed E-state index contributed by atoms with van der Waals surface area (Å²) in [6, 6.07) is 1.25. The van der Waals surface area contributed by atoms with Crippen LogP contribution < -0.4 is 0 Å². The van der Waals surface area contributed by atoms with E-state index >= 15 is 0 Å². The van der Waals surface area contributed by atoms with Crippen molar-refractivity contribution >= 4 is 0 Å². The van der Waals surface area contributed by atoms with E-state index in [0.29, 0.717) is 12.1 Å². The van der Waals surface area contributed by atoms with Gasteiger partial charge in [-0.15, -0.1) is 0 Å². The zero-order chi connectivity index (χ0) is 11.1. The van der Waals surface area contributed by atoms with E-state index in [2.05, 4.69) is 31.9 Å². The van der Waals surface area contributed by atoms with Gasteiger partial charge in [-0.3, -0.25) is 0 Å². The summed E-state index contributed by atoms with van der Waals surface area (Å²) in [5.74, 6) is 0. The molecule has 0 aromatic heterocycles. The summed E-state index contributed by atoms with van der Waals surface area (Å²) in [6.07, 6.45) is 7.51. The van der Waals surface area contributed by atoms with Gasteiger partial charge in [0.1, 0.15) is 0 Å². The highest BCUT2D eigenvalue weighted by molar-refractivity contribution is 5.05. The van der Waals surface area contributed by atoms with Crippen LogP contribution in [0.25, 0.3) is 0 Å². The summed E-state index contributed by atoms with van der Waals surface area (Å²) in [4.78, 5) is 2.47. The van der Waals surface area contributed by atoms with Gasteiger partial charge in [-0.1, -0.05) is 11.6 Å². The molecule has 2 bridgehead atoms. The Balaban J connectivity index is 2.03.